The molecule has 35 heavy (non-hydrogen) atoms. The molecule has 0 bridgehead atoms. The largest absolute Gasteiger partial charge is 0.383 e. The Bertz CT molecular complexity index is 1250. The summed E-state index contributed by atoms with van der Waals surface area (Å²) in [5, 5.41) is 5.32. The molecule has 3 amide bonds. The predicted molar refractivity (Wildman–Crippen MR) is 136 cm³/mol. The Balaban J connectivity index is 1.81. The van der Waals surface area contributed by atoms with Crippen molar-refractivity contribution in [1.29, 1.82) is 0 Å². The number of nitrogens with zero attached hydrogens (tertiary/aromatic N) is 2. The van der Waals surface area contributed by atoms with E-state index in [4.69, 9.17) is 5.73 Å². The van der Waals surface area contributed by atoms with E-state index < -0.39 is 23.2 Å². The highest BCUT2D eigenvalue weighted by molar-refractivity contribution is 5.96. The number of unbranched alkanes of at least 4 members (excludes halogenated alkanes) is 1. The number of para-hydroxylation sites is 1. The number of rotatable bonds is 10. The lowest BCUT2D eigenvalue weighted by molar-refractivity contribution is -0.118. The molecule has 1 heterocycles. The van der Waals surface area contributed by atoms with Gasteiger partial charge in [0.1, 0.15) is 5.82 Å². The molecule has 0 fully saturated rings. The van der Waals surface area contributed by atoms with E-state index in [1.165, 1.54) is 9.47 Å². The van der Waals surface area contributed by atoms with Crippen molar-refractivity contribution in [2.24, 2.45) is 0 Å². The molecule has 0 saturated heterocycles. The van der Waals surface area contributed by atoms with Gasteiger partial charge in [-0.2, -0.15) is 0 Å². The van der Waals surface area contributed by atoms with Gasteiger partial charge in [-0.15, -0.1) is 0 Å². The van der Waals surface area contributed by atoms with E-state index in [9.17, 15) is 19.2 Å². The average Bonchev–Trinajstić information content (AvgIpc) is 2.84. The molecule has 0 saturated carbocycles. The maximum atomic E-state index is 13.3. The lowest BCUT2D eigenvalue weighted by atomic mass is 10.2. The van der Waals surface area contributed by atoms with Gasteiger partial charge in [0.05, 0.1) is 6.54 Å². The minimum Gasteiger partial charge on any atom is -0.383 e. The molecule has 3 aromatic rings. The fourth-order valence-electron chi connectivity index (χ4n) is 3.55. The van der Waals surface area contributed by atoms with Gasteiger partial charge in [-0.05, 0) is 24.1 Å². The summed E-state index contributed by atoms with van der Waals surface area (Å²) in [6, 6.07) is 17.6. The van der Waals surface area contributed by atoms with Crippen LogP contribution < -0.4 is 32.5 Å². The van der Waals surface area contributed by atoms with Crippen LogP contribution in [0.2, 0.25) is 0 Å². The number of hydrogen-bond donors (Lipinski definition) is 4. The maximum absolute atomic E-state index is 13.3. The quantitative estimate of drug-likeness (QED) is 0.354. The van der Waals surface area contributed by atoms with Crippen molar-refractivity contribution in [1.82, 2.24) is 14.9 Å². The summed E-state index contributed by atoms with van der Waals surface area (Å²) in [4.78, 5) is 54.1. The van der Waals surface area contributed by atoms with E-state index in [0.29, 0.717) is 18.7 Å². The van der Waals surface area contributed by atoms with E-state index in [-0.39, 0.29) is 31.0 Å². The number of amides is 3. The molecule has 0 radical (unpaired) electrons. The van der Waals surface area contributed by atoms with Gasteiger partial charge in [0.15, 0.2) is 5.69 Å². The molecule has 1 aromatic heterocycles. The highest BCUT2D eigenvalue weighted by Crippen LogP contribution is 2.21. The number of anilines is 3. The normalized spacial score (nSPS) is 10.5. The summed E-state index contributed by atoms with van der Waals surface area (Å²) >= 11 is 0. The Morgan fingerprint density at radius 2 is 1.69 bits per heavy atom. The standard InChI is InChI=1S/C25H30N6O4/c1-2-3-16-30-22(26)21(23(33)29-25(30)35)31(17-18-10-6-4-7-11-18)20(32)14-15-27-24(34)28-19-12-8-5-9-13-19/h4-13H,2-3,14-17,26H2,1H3,(H2,27,28,34)(H,29,33,35). The first kappa shape index (κ1) is 25.3. The molecular formula is C25H30N6O4. The van der Waals surface area contributed by atoms with Gasteiger partial charge in [-0.3, -0.25) is 19.1 Å². The van der Waals surface area contributed by atoms with Gasteiger partial charge in [-0.25, -0.2) is 9.59 Å². The third-order valence-corrected chi connectivity index (χ3v) is 5.36. The van der Waals surface area contributed by atoms with Crippen molar-refractivity contribution in [2.45, 2.75) is 39.3 Å². The van der Waals surface area contributed by atoms with Gasteiger partial charge in [0.25, 0.3) is 5.56 Å². The third-order valence-electron chi connectivity index (χ3n) is 5.36. The van der Waals surface area contributed by atoms with Crippen molar-refractivity contribution in [3.8, 4) is 0 Å². The van der Waals surface area contributed by atoms with Crippen LogP contribution in [0.4, 0.5) is 22.0 Å². The second-order valence-electron chi connectivity index (χ2n) is 7.96. The van der Waals surface area contributed by atoms with Crippen LogP contribution in [0.1, 0.15) is 31.7 Å². The minimum absolute atomic E-state index is 0.0378. The molecule has 5 N–H and O–H groups in total. The number of nitrogens with two attached hydrogens (primary N) is 1. The van der Waals surface area contributed by atoms with Gasteiger partial charge in [0.2, 0.25) is 5.91 Å². The lowest BCUT2D eigenvalue weighted by Gasteiger charge is -2.25. The number of carbonyl (C=O) groups is 2. The Morgan fingerprint density at radius 3 is 2.34 bits per heavy atom. The van der Waals surface area contributed by atoms with Crippen LogP contribution in [0.3, 0.4) is 0 Å². The molecular weight excluding hydrogens is 448 g/mol. The predicted octanol–water partition coefficient (Wildman–Crippen LogP) is 2.66. The first-order valence-corrected chi connectivity index (χ1v) is 11.5. The van der Waals surface area contributed by atoms with Crippen LogP contribution in [0.15, 0.2) is 70.3 Å². The minimum atomic E-state index is -0.737. The highest BCUT2D eigenvalue weighted by atomic mass is 16.2. The van der Waals surface area contributed by atoms with Crippen LogP contribution in [0.25, 0.3) is 0 Å². The molecule has 10 nitrogen and oxygen atoms in total. The van der Waals surface area contributed by atoms with E-state index in [1.807, 2.05) is 43.3 Å². The highest BCUT2D eigenvalue weighted by Gasteiger charge is 2.24. The molecule has 0 aliphatic rings. The third kappa shape index (κ3) is 6.83. The van der Waals surface area contributed by atoms with Crippen LogP contribution in [-0.2, 0) is 17.9 Å². The first-order valence-electron chi connectivity index (χ1n) is 11.5. The fourth-order valence-corrected chi connectivity index (χ4v) is 3.55. The molecule has 0 atom stereocenters. The number of urea groups is 1. The fraction of sp³-hybridized carbons (Fsp3) is 0.280. The second kappa shape index (κ2) is 12.2. The number of nitrogen functional groups attached to an aromatic ring is 1. The molecule has 0 aliphatic heterocycles. The Hall–Kier alpha value is -4.34. The van der Waals surface area contributed by atoms with E-state index in [0.717, 1.165) is 12.0 Å². The maximum Gasteiger partial charge on any atom is 0.330 e. The summed E-state index contributed by atoms with van der Waals surface area (Å²) in [5.74, 6) is -0.488. The average molecular weight is 479 g/mol. The molecule has 3 rings (SSSR count). The number of H-pyrrole nitrogens is 1. The van der Waals surface area contributed by atoms with Crippen LogP contribution >= 0.6 is 0 Å². The van der Waals surface area contributed by atoms with Crippen molar-refractivity contribution >= 4 is 29.1 Å². The van der Waals surface area contributed by atoms with Crippen molar-refractivity contribution in [2.75, 3.05) is 22.5 Å². The molecule has 184 valence electrons. The van der Waals surface area contributed by atoms with Crippen LogP contribution in [0, 0.1) is 0 Å². The van der Waals surface area contributed by atoms with Crippen molar-refractivity contribution < 1.29 is 9.59 Å². The lowest BCUT2D eigenvalue weighted by Crippen LogP contribution is -2.42. The van der Waals surface area contributed by atoms with Gasteiger partial charge < -0.3 is 21.3 Å². The monoisotopic (exact) mass is 478 g/mol. The zero-order valence-corrected chi connectivity index (χ0v) is 19.6. The Labute approximate surface area is 202 Å². The smallest absolute Gasteiger partial charge is 0.330 e. The Kier molecular flexibility index (Phi) is 8.82. The first-order chi connectivity index (χ1) is 16.9. The molecule has 10 heteroatoms. The van der Waals surface area contributed by atoms with E-state index >= 15 is 0 Å². The second-order valence-corrected chi connectivity index (χ2v) is 7.96. The summed E-state index contributed by atoms with van der Waals surface area (Å²) < 4.78 is 1.27. The van der Waals surface area contributed by atoms with Crippen LogP contribution in [0.5, 0.6) is 0 Å². The van der Waals surface area contributed by atoms with Gasteiger partial charge in [-0.1, -0.05) is 61.9 Å². The summed E-state index contributed by atoms with van der Waals surface area (Å²) in [5.41, 5.74) is 6.22. The van der Waals surface area contributed by atoms with Crippen molar-refractivity contribution in [3.63, 3.8) is 0 Å². The van der Waals surface area contributed by atoms with Gasteiger partial charge >= 0.3 is 11.7 Å². The SMILES string of the molecule is CCCCn1c(N)c(N(Cc2ccccc2)C(=O)CCNC(=O)Nc2ccccc2)c(=O)[nH]c1=O. The number of aromatic amines is 1. The van der Waals surface area contributed by atoms with Crippen molar-refractivity contribution in [3.05, 3.63) is 87.1 Å². The number of benzene rings is 2. The zero-order valence-electron chi connectivity index (χ0n) is 19.6. The summed E-state index contributed by atoms with van der Waals surface area (Å²) in [6.45, 7) is 2.41. The molecule has 0 aliphatic carbocycles. The summed E-state index contributed by atoms with van der Waals surface area (Å²) in [7, 11) is 0. The number of aromatic nitrogens is 2. The van der Waals surface area contributed by atoms with Crippen LogP contribution in [-0.4, -0.2) is 28.0 Å². The molecule has 0 spiro atoms. The molecule has 2 aromatic carbocycles. The number of hydrogen-bond acceptors (Lipinski definition) is 5. The molecule has 0 unspecified atom stereocenters. The van der Waals surface area contributed by atoms with E-state index in [1.54, 1.807) is 24.3 Å². The van der Waals surface area contributed by atoms with E-state index in [2.05, 4.69) is 15.6 Å². The van der Waals surface area contributed by atoms with Gasteiger partial charge in [0, 0.05) is 25.2 Å². The number of nitrogens with one attached hydrogen (secondary N) is 3. The zero-order chi connectivity index (χ0) is 25.2. The Morgan fingerprint density at radius 1 is 1.03 bits per heavy atom. The number of carbonyl (C=O) groups excluding carboxylic acids is 2. The summed E-state index contributed by atoms with van der Waals surface area (Å²) in [6.07, 6.45) is 1.42. The topological polar surface area (TPSA) is 142 Å².